The minimum atomic E-state index is -3.35. The molecule has 0 aliphatic rings. The lowest BCUT2D eigenvalue weighted by molar-refractivity contribution is 0.594. The Balaban J connectivity index is 1.75. The van der Waals surface area contributed by atoms with Gasteiger partial charge >= 0.3 is 0 Å². The molecule has 0 saturated heterocycles. The van der Waals surface area contributed by atoms with E-state index in [0.717, 1.165) is 5.56 Å². The van der Waals surface area contributed by atoms with Crippen LogP contribution < -0.4 is 0 Å². The van der Waals surface area contributed by atoms with Gasteiger partial charge in [-0.25, -0.2) is 17.8 Å². The lowest BCUT2D eigenvalue weighted by Crippen LogP contribution is -2.08. The van der Waals surface area contributed by atoms with E-state index in [1.165, 1.54) is 23.5 Å². The summed E-state index contributed by atoms with van der Waals surface area (Å²) in [6.45, 7) is 0. The molecule has 0 saturated carbocycles. The molecule has 0 radical (unpaired) electrons. The Morgan fingerprint density at radius 1 is 1.08 bits per heavy atom. The number of thiazole rings is 1. The first-order valence-electron chi connectivity index (χ1n) is 7.06. The van der Waals surface area contributed by atoms with Gasteiger partial charge in [-0.05, 0) is 42.0 Å². The Morgan fingerprint density at radius 2 is 1.83 bits per heavy atom. The third kappa shape index (κ3) is 4.41. The van der Waals surface area contributed by atoms with Crippen LogP contribution in [0.25, 0.3) is 10.6 Å². The van der Waals surface area contributed by atoms with Crippen LogP contribution in [0.3, 0.4) is 0 Å². The van der Waals surface area contributed by atoms with Crippen molar-refractivity contribution in [1.29, 1.82) is 0 Å². The fraction of sp³-hybridized carbons (Fsp3) is 0.118. The molecule has 1 aromatic heterocycles. The van der Waals surface area contributed by atoms with Gasteiger partial charge in [0, 0.05) is 16.0 Å². The molecule has 0 amide bonds. The van der Waals surface area contributed by atoms with Crippen molar-refractivity contribution in [1.82, 2.24) is 4.98 Å². The maximum atomic E-state index is 13.0. The maximum Gasteiger partial charge on any atom is 0.160 e. The van der Waals surface area contributed by atoms with Crippen LogP contribution in [0.5, 0.6) is 0 Å². The van der Waals surface area contributed by atoms with E-state index in [2.05, 4.69) is 4.98 Å². The number of aromatic nitrogens is 1. The van der Waals surface area contributed by atoms with Crippen LogP contribution in [0.15, 0.2) is 53.9 Å². The highest BCUT2D eigenvalue weighted by Crippen LogP contribution is 2.25. The number of rotatable bonds is 5. The molecule has 0 unspecified atom stereocenters. The summed E-state index contributed by atoms with van der Waals surface area (Å²) in [5.41, 5.74) is 1.90. The highest BCUT2D eigenvalue weighted by molar-refractivity contribution is 7.89. The Morgan fingerprint density at radius 3 is 2.54 bits per heavy atom. The van der Waals surface area contributed by atoms with Gasteiger partial charge in [-0.15, -0.1) is 11.3 Å². The molecular weight excluding hydrogens is 369 g/mol. The number of hydrogen-bond acceptors (Lipinski definition) is 4. The van der Waals surface area contributed by atoms with Crippen LogP contribution in [0, 0.1) is 5.82 Å². The Hall–Kier alpha value is -1.76. The first kappa shape index (κ1) is 17.1. The molecule has 3 rings (SSSR count). The summed E-state index contributed by atoms with van der Waals surface area (Å²) in [7, 11) is -3.35. The maximum absolute atomic E-state index is 13.0. The van der Waals surface area contributed by atoms with E-state index in [4.69, 9.17) is 11.6 Å². The zero-order valence-corrected chi connectivity index (χ0v) is 14.8. The van der Waals surface area contributed by atoms with Crippen LogP contribution in [0.1, 0.15) is 11.3 Å². The van der Waals surface area contributed by atoms with Crippen molar-refractivity contribution in [2.24, 2.45) is 0 Å². The van der Waals surface area contributed by atoms with E-state index in [9.17, 15) is 12.8 Å². The fourth-order valence-electron chi connectivity index (χ4n) is 2.26. The third-order valence-electron chi connectivity index (χ3n) is 3.29. The van der Waals surface area contributed by atoms with E-state index in [1.807, 2.05) is 0 Å². The molecule has 0 bridgehead atoms. The molecular formula is C17H13ClFNO2S2. The van der Waals surface area contributed by atoms with Gasteiger partial charge in [-0.2, -0.15) is 0 Å². The largest absolute Gasteiger partial charge is 0.240 e. The van der Waals surface area contributed by atoms with Crippen molar-refractivity contribution in [3.05, 3.63) is 76.0 Å². The number of sulfone groups is 1. The third-order valence-corrected chi connectivity index (χ3v) is 5.97. The van der Waals surface area contributed by atoms with Crippen molar-refractivity contribution in [3.63, 3.8) is 0 Å². The fourth-order valence-corrected chi connectivity index (χ4v) is 4.79. The van der Waals surface area contributed by atoms with Crippen LogP contribution in [0.2, 0.25) is 5.02 Å². The monoisotopic (exact) mass is 381 g/mol. The standard InChI is InChI=1S/C17H13ClFNO2S2/c18-14-3-1-2-12(8-14)10-24(21,22)11-16-9-23-17(20-16)13-4-6-15(19)7-5-13/h1-9H,10-11H2. The first-order valence-corrected chi connectivity index (χ1v) is 10.1. The molecule has 24 heavy (non-hydrogen) atoms. The number of nitrogens with zero attached hydrogens (tertiary/aromatic N) is 1. The molecule has 0 aliphatic carbocycles. The van der Waals surface area contributed by atoms with Crippen molar-refractivity contribution >= 4 is 32.8 Å². The van der Waals surface area contributed by atoms with E-state index >= 15 is 0 Å². The molecule has 3 nitrogen and oxygen atoms in total. The molecule has 0 spiro atoms. The summed E-state index contributed by atoms with van der Waals surface area (Å²) < 4.78 is 37.6. The highest BCUT2D eigenvalue weighted by atomic mass is 35.5. The summed E-state index contributed by atoms with van der Waals surface area (Å²) in [4.78, 5) is 4.35. The smallest absolute Gasteiger partial charge is 0.160 e. The van der Waals surface area contributed by atoms with Crippen molar-refractivity contribution in [2.45, 2.75) is 11.5 Å². The average Bonchev–Trinajstić information content (AvgIpc) is 2.95. The average molecular weight is 382 g/mol. The van der Waals surface area contributed by atoms with Crippen LogP contribution in [0.4, 0.5) is 4.39 Å². The second-order valence-electron chi connectivity index (χ2n) is 5.31. The molecule has 3 aromatic rings. The molecule has 124 valence electrons. The van der Waals surface area contributed by atoms with Gasteiger partial charge in [0.25, 0.3) is 0 Å². The Kier molecular flexibility index (Phi) is 4.99. The molecule has 0 N–H and O–H groups in total. The summed E-state index contributed by atoms with van der Waals surface area (Å²) >= 11 is 7.22. The minimum absolute atomic E-state index is 0.0863. The normalized spacial score (nSPS) is 11.6. The zero-order valence-electron chi connectivity index (χ0n) is 12.4. The summed E-state index contributed by atoms with van der Waals surface area (Å²) in [5, 5.41) is 2.90. The summed E-state index contributed by atoms with van der Waals surface area (Å²) in [5.74, 6) is -0.548. The summed E-state index contributed by atoms with van der Waals surface area (Å²) in [6, 6.07) is 12.8. The number of halogens is 2. The van der Waals surface area contributed by atoms with Crippen molar-refractivity contribution in [2.75, 3.05) is 0 Å². The van der Waals surface area contributed by atoms with Gasteiger partial charge in [0.15, 0.2) is 9.84 Å². The van der Waals surface area contributed by atoms with Gasteiger partial charge in [0.05, 0.1) is 17.2 Å². The Bertz CT molecular complexity index is 953. The SMILES string of the molecule is O=S(=O)(Cc1cccc(Cl)c1)Cc1csc(-c2ccc(F)cc2)n1. The predicted molar refractivity (Wildman–Crippen MR) is 95.3 cm³/mol. The topological polar surface area (TPSA) is 47.0 Å². The lowest BCUT2D eigenvalue weighted by Gasteiger charge is -2.03. The molecule has 1 heterocycles. The van der Waals surface area contributed by atoms with E-state index in [-0.39, 0.29) is 17.3 Å². The molecule has 0 aliphatic heterocycles. The van der Waals surface area contributed by atoms with Crippen molar-refractivity contribution < 1.29 is 12.8 Å². The van der Waals surface area contributed by atoms with Crippen molar-refractivity contribution in [3.8, 4) is 10.6 Å². The molecule has 2 aromatic carbocycles. The molecule has 0 fully saturated rings. The second kappa shape index (κ2) is 7.01. The highest BCUT2D eigenvalue weighted by Gasteiger charge is 2.16. The van der Waals surface area contributed by atoms with Gasteiger partial charge in [0.1, 0.15) is 10.8 Å². The quantitative estimate of drug-likeness (QED) is 0.642. The first-order chi connectivity index (χ1) is 11.4. The van der Waals surface area contributed by atoms with Gasteiger partial charge in [-0.1, -0.05) is 23.7 Å². The lowest BCUT2D eigenvalue weighted by atomic mass is 10.2. The van der Waals surface area contributed by atoms with Crippen LogP contribution >= 0.6 is 22.9 Å². The zero-order chi connectivity index (χ0) is 17.2. The van der Waals surface area contributed by atoms with Crippen LogP contribution in [-0.2, 0) is 21.3 Å². The second-order valence-corrected chi connectivity index (χ2v) is 8.67. The predicted octanol–water partition coefficient (Wildman–Crippen LogP) is 4.72. The van der Waals surface area contributed by atoms with E-state index < -0.39 is 9.84 Å². The number of hydrogen-bond donors (Lipinski definition) is 0. The summed E-state index contributed by atoms with van der Waals surface area (Å²) in [6.07, 6.45) is 0. The van der Waals surface area contributed by atoms with Gasteiger partial charge < -0.3 is 0 Å². The van der Waals surface area contributed by atoms with E-state index in [1.54, 1.807) is 41.8 Å². The van der Waals surface area contributed by atoms with Crippen LogP contribution in [-0.4, -0.2) is 13.4 Å². The number of benzene rings is 2. The molecule has 0 atom stereocenters. The van der Waals surface area contributed by atoms with Gasteiger partial charge in [-0.3, -0.25) is 0 Å². The molecule has 7 heteroatoms. The van der Waals surface area contributed by atoms with E-state index in [0.29, 0.717) is 21.3 Å². The minimum Gasteiger partial charge on any atom is -0.240 e. The Labute approximate surface area is 148 Å². The van der Waals surface area contributed by atoms with Gasteiger partial charge in [0.2, 0.25) is 0 Å².